The second-order valence-corrected chi connectivity index (χ2v) is 6.71. The molecule has 2 aromatic rings. The summed E-state index contributed by atoms with van der Waals surface area (Å²) in [6, 6.07) is 3.55. The third kappa shape index (κ3) is 2.64. The molecule has 0 spiro atoms. The summed E-state index contributed by atoms with van der Waals surface area (Å²) >= 11 is 6.29. The largest absolute Gasteiger partial charge is 0.366 e. The van der Waals surface area contributed by atoms with Crippen LogP contribution in [0.15, 0.2) is 36.1 Å². The lowest BCUT2D eigenvalue weighted by Gasteiger charge is -2.36. The van der Waals surface area contributed by atoms with Crippen molar-refractivity contribution in [3.05, 3.63) is 41.1 Å². The molecule has 1 unspecified atom stereocenters. The Morgan fingerprint density at radius 1 is 1.44 bits per heavy atom. The highest BCUT2D eigenvalue weighted by Crippen LogP contribution is 2.35. The van der Waals surface area contributed by atoms with Crippen molar-refractivity contribution >= 4 is 40.2 Å². The van der Waals surface area contributed by atoms with Crippen LogP contribution in [-0.4, -0.2) is 41.2 Å². The average molecular weight is 362 g/mol. The van der Waals surface area contributed by atoms with E-state index in [0.29, 0.717) is 35.2 Å². The number of carbonyl (C=O) groups excluding carboxylic acids is 1. The predicted octanol–water partition coefficient (Wildman–Crippen LogP) is 2.51. The first kappa shape index (κ1) is 16.0. The van der Waals surface area contributed by atoms with Gasteiger partial charge in [0.15, 0.2) is 0 Å². The van der Waals surface area contributed by atoms with Crippen molar-refractivity contribution in [3.63, 3.8) is 0 Å². The van der Waals surface area contributed by atoms with E-state index in [-0.39, 0.29) is 6.04 Å². The Morgan fingerprint density at radius 3 is 2.84 bits per heavy atom. The number of aromatic nitrogens is 2. The lowest BCUT2D eigenvalue weighted by atomic mass is 10.1. The van der Waals surface area contributed by atoms with Crippen LogP contribution in [0, 0.1) is 0 Å². The molecule has 2 aliphatic rings. The molecular weight excluding hydrogens is 345 g/mol. The van der Waals surface area contributed by atoms with Crippen molar-refractivity contribution in [1.82, 2.24) is 9.97 Å². The highest BCUT2D eigenvalue weighted by atomic mass is 35.5. The second kappa shape index (κ2) is 5.77. The number of benzene rings is 1. The van der Waals surface area contributed by atoms with E-state index in [1.165, 1.54) is 0 Å². The van der Waals surface area contributed by atoms with E-state index in [1.807, 2.05) is 22.8 Å². The van der Waals surface area contributed by atoms with Crippen molar-refractivity contribution < 1.29 is 9.18 Å². The number of nitrogens with zero attached hydrogens (tertiary/aromatic N) is 3. The summed E-state index contributed by atoms with van der Waals surface area (Å²) in [4.78, 5) is 23.0. The lowest BCUT2D eigenvalue weighted by molar-refractivity contribution is -0.114. The fourth-order valence-electron chi connectivity index (χ4n) is 3.16. The van der Waals surface area contributed by atoms with Gasteiger partial charge in [0.05, 0.1) is 35.4 Å². The van der Waals surface area contributed by atoms with Gasteiger partial charge < -0.3 is 20.5 Å². The van der Waals surface area contributed by atoms with Crippen LogP contribution in [0.1, 0.15) is 6.92 Å². The van der Waals surface area contributed by atoms with Crippen LogP contribution in [0.5, 0.6) is 0 Å². The van der Waals surface area contributed by atoms with Crippen LogP contribution in [0.3, 0.4) is 0 Å². The van der Waals surface area contributed by atoms with Gasteiger partial charge >= 0.3 is 0 Å². The van der Waals surface area contributed by atoms with E-state index in [9.17, 15) is 9.18 Å². The van der Waals surface area contributed by atoms with E-state index < -0.39 is 12.1 Å². The van der Waals surface area contributed by atoms with Gasteiger partial charge in [-0.3, -0.25) is 4.79 Å². The SMILES string of the molecule is CC1C=C(C(N)=O)C=CN1c1nc2c(Cl)ccc(N3CC(F)C3)c2[nH]1. The molecule has 8 heteroatoms. The normalized spacial score (nSPS) is 20.8. The van der Waals surface area contributed by atoms with Crippen LogP contribution in [0.2, 0.25) is 5.02 Å². The number of H-pyrrole nitrogens is 1. The topological polar surface area (TPSA) is 78.2 Å². The third-order valence-electron chi connectivity index (χ3n) is 4.54. The number of alkyl halides is 1. The average Bonchev–Trinajstić information content (AvgIpc) is 2.98. The number of halogens is 2. The van der Waals surface area contributed by atoms with Crippen LogP contribution in [0.4, 0.5) is 16.0 Å². The second-order valence-electron chi connectivity index (χ2n) is 6.30. The highest BCUT2D eigenvalue weighted by molar-refractivity contribution is 6.35. The van der Waals surface area contributed by atoms with Gasteiger partial charge in [-0.15, -0.1) is 0 Å². The molecule has 4 rings (SSSR count). The smallest absolute Gasteiger partial charge is 0.248 e. The zero-order chi connectivity index (χ0) is 17.7. The van der Waals surface area contributed by atoms with Gasteiger partial charge in [-0.1, -0.05) is 11.6 Å². The van der Waals surface area contributed by atoms with E-state index in [0.717, 1.165) is 11.2 Å². The van der Waals surface area contributed by atoms with E-state index in [2.05, 4.69) is 9.97 Å². The summed E-state index contributed by atoms with van der Waals surface area (Å²) in [5, 5.41) is 0.528. The van der Waals surface area contributed by atoms with Crippen molar-refractivity contribution in [2.75, 3.05) is 22.9 Å². The van der Waals surface area contributed by atoms with Crippen molar-refractivity contribution in [3.8, 4) is 0 Å². The monoisotopic (exact) mass is 361 g/mol. The van der Waals surface area contributed by atoms with Crippen LogP contribution in [0.25, 0.3) is 11.0 Å². The molecule has 0 bridgehead atoms. The molecule has 25 heavy (non-hydrogen) atoms. The number of aromatic amines is 1. The van der Waals surface area contributed by atoms with E-state index >= 15 is 0 Å². The molecule has 3 heterocycles. The number of primary amides is 1. The maximum Gasteiger partial charge on any atom is 0.248 e. The van der Waals surface area contributed by atoms with E-state index in [1.54, 1.807) is 24.4 Å². The molecule has 2 aliphatic heterocycles. The number of hydrogen-bond acceptors (Lipinski definition) is 4. The first-order valence-corrected chi connectivity index (χ1v) is 8.37. The Balaban J connectivity index is 1.72. The minimum absolute atomic E-state index is 0.102. The Labute approximate surface area is 148 Å². The molecule has 6 nitrogen and oxygen atoms in total. The number of fused-ring (bicyclic) bond motifs is 1. The van der Waals surface area contributed by atoms with Crippen LogP contribution >= 0.6 is 11.6 Å². The Kier molecular flexibility index (Phi) is 3.68. The lowest BCUT2D eigenvalue weighted by Crippen LogP contribution is -2.48. The number of anilines is 2. The maximum absolute atomic E-state index is 13.2. The Hall–Kier alpha value is -2.54. The fourth-order valence-corrected chi connectivity index (χ4v) is 3.36. The van der Waals surface area contributed by atoms with Gasteiger partial charge in [-0.05, 0) is 31.2 Å². The molecule has 0 radical (unpaired) electrons. The van der Waals surface area contributed by atoms with Crippen molar-refractivity contribution in [2.24, 2.45) is 5.73 Å². The molecule has 1 atom stereocenters. The number of amides is 1. The van der Waals surface area contributed by atoms with Gasteiger partial charge in [-0.25, -0.2) is 9.37 Å². The molecule has 1 aromatic carbocycles. The number of carbonyl (C=O) groups is 1. The number of hydrogen-bond donors (Lipinski definition) is 2. The molecule has 1 saturated heterocycles. The summed E-state index contributed by atoms with van der Waals surface area (Å²) < 4.78 is 13.2. The molecule has 0 aliphatic carbocycles. The first-order chi connectivity index (χ1) is 11.9. The number of imidazole rings is 1. The van der Waals surface area contributed by atoms with Crippen LogP contribution < -0.4 is 15.5 Å². The standard InChI is InChI=1S/C17H17ClFN5O/c1-9-6-10(16(20)25)4-5-24(9)17-21-14-12(18)2-3-13(15(14)22-17)23-7-11(19)8-23/h2-6,9,11H,7-8H2,1H3,(H2,20,25)(H,21,22). The minimum atomic E-state index is -0.796. The van der Waals surface area contributed by atoms with Gasteiger partial charge in [0.25, 0.3) is 0 Å². The minimum Gasteiger partial charge on any atom is -0.366 e. The molecule has 1 fully saturated rings. The first-order valence-electron chi connectivity index (χ1n) is 7.99. The predicted molar refractivity (Wildman–Crippen MR) is 96.6 cm³/mol. The molecule has 0 saturated carbocycles. The Morgan fingerprint density at radius 2 is 2.20 bits per heavy atom. The number of nitrogens with one attached hydrogen (secondary N) is 1. The zero-order valence-corrected chi connectivity index (χ0v) is 14.3. The maximum atomic E-state index is 13.2. The van der Waals surface area contributed by atoms with Gasteiger partial charge in [0, 0.05) is 11.8 Å². The van der Waals surface area contributed by atoms with Gasteiger partial charge in [0.2, 0.25) is 11.9 Å². The summed E-state index contributed by atoms with van der Waals surface area (Å²) in [6.07, 6.45) is 4.40. The van der Waals surface area contributed by atoms with Crippen LogP contribution in [-0.2, 0) is 4.79 Å². The Bertz CT molecular complexity index is 915. The van der Waals surface area contributed by atoms with E-state index in [4.69, 9.17) is 17.3 Å². The zero-order valence-electron chi connectivity index (χ0n) is 13.5. The fraction of sp³-hybridized carbons (Fsp3) is 0.294. The van der Waals surface area contributed by atoms with Gasteiger partial charge in [-0.2, -0.15) is 0 Å². The summed E-state index contributed by atoms with van der Waals surface area (Å²) in [5.74, 6) is 0.140. The van der Waals surface area contributed by atoms with Crippen molar-refractivity contribution in [1.29, 1.82) is 0 Å². The molecule has 1 amide bonds. The molecule has 3 N–H and O–H groups in total. The third-order valence-corrected chi connectivity index (χ3v) is 4.85. The highest BCUT2D eigenvalue weighted by Gasteiger charge is 2.29. The molecule has 1 aromatic heterocycles. The summed E-state index contributed by atoms with van der Waals surface area (Å²) in [7, 11) is 0. The molecule has 130 valence electrons. The van der Waals surface area contributed by atoms with Crippen molar-refractivity contribution in [2.45, 2.75) is 19.1 Å². The molecular formula is C17H17ClFN5O. The quantitative estimate of drug-likeness (QED) is 0.880. The number of nitrogens with two attached hydrogens (primary N) is 1. The number of rotatable bonds is 3. The van der Waals surface area contributed by atoms with Gasteiger partial charge in [0.1, 0.15) is 11.7 Å². The summed E-state index contributed by atoms with van der Waals surface area (Å²) in [6.45, 7) is 2.68. The summed E-state index contributed by atoms with van der Waals surface area (Å²) in [5.41, 5.74) is 8.09.